The lowest BCUT2D eigenvalue weighted by molar-refractivity contribution is 0.230. The van der Waals surface area contributed by atoms with E-state index in [0.29, 0.717) is 17.8 Å². The summed E-state index contributed by atoms with van der Waals surface area (Å²) in [6.45, 7) is 4.20. The monoisotopic (exact) mass is 410 g/mol. The number of piperazine rings is 1. The van der Waals surface area contributed by atoms with Crippen molar-refractivity contribution in [2.24, 2.45) is 0 Å². The molecule has 0 amide bonds. The number of ether oxygens (including phenoxy) is 1. The van der Waals surface area contributed by atoms with Gasteiger partial charge in [0.05, 0.1) is 10.4 Å². The van der Waals surface area contributed by atoms with Gasteiger partial charge >= 0.3 is 0 Å². The Labute approximate surface area is 170 Å². The first-order chi connectivity index (χ1) is 14.1. The highest BCUT2D eigenvalue weighted by atomic mass is 32.2. The average Bonchev–Trinajstić information content (AvgIpc) is 3.20. The van der Waals surface area contributed by atoms with Gasteiger partial charge in [-0.1, -0.05) is 18.2 Å². The number of aromatic nitrogens is 1. The Hall–Kier alpha value is -2.86. The minimum Gasteiger partial charge on any atom is -0.478 e. The van der Waals surface area contributed by atoms with Gasteiger partial charge < -0.3 is 10.1 Å². The maximum atomic E-state index is 13.1. The summed E-state index contributed by atoms with van der Waals surface area (Å²) in [6.07, 6.45) is 1.59. The van der Waals surface area contributed by atoms with Crippen LogP contribution in [-0.2, 0) is 16.6 Å². The predicted octanol–water partition coefficient (Wildman–Crippen LogP) is 2.19. The molecular weight excluding hydrogens is 388 g/mol. The summed E-state index contributed by atoms with van der Waals surface area (Å²) in [4.78, 5) is 2.54. The van der Waals surface area contributed by atoms with E-state index in [1.165, 1.54) is 3.97 Å². The molecule has 7 nitrogen and oxygen atoms in total. The number of fused-ring (bicyclic) bond motifs is 1. The molecule has 1 aliphatic rings. The average molecular weight is 410 g/mol. The lowest BCUT2D eigenvalue weighted by Crippen LogP contribution is -2.42. The van der Waals surface area contributed by atoms with Crippen molar-refractivity contribution in [3.05, 3.63) is 60.3 Å². The molecule has 1 fully saturated rings. The van der Waals surface area contributed by atoms with E-state index in [1.807, 2.05) is 12.1 Å². The molecular formula is C21H22N4O3S. The highest BCUT2D eigenvalue weighted by Gasteiger charge is 2.22. The van der Waals surface area contributed by atoms with E-state index in [9.17, 15) is 8.42 Å². The highest BCUT2D eigenvalue weighted by Crippen LogP contribution is 2.32. The quantitative estimate of drug-likeness (QED) is 0.670. The van der Waals surface area contributed by atoms with Crippen molar-refractivity contribution in [2.45, 2.75) is 11.4 Å². The second kappa shape index (κ2) is 8.25. The zero-order valence-electron chi connectivity index (χ0n) is 15.9. The first-order valence-electron chi connectivity index (χ1n) is 9.47. The van der Waals surface area contributed by atoms with Crippen LogP contribution < -0.4 is 10.1 Å². The molecule has 0 aliphatic carbocycles. The molecule has 1 saturated heterocycles. The fraction of sp³-hybridized carbons (Fsp3) is 0.286. The molecule has 1 aromatic heterocycles. The highest BCUT2D eigenvalue weighted by molar-refractivity contribution is 7.90. The van der Waals surface area contributed by atoms with E-state index in [2.05, 4.69) is 10.2 Å². The first kappa shape index (κ1) is 19.5. The van der Waals surface area contributed by atoms with Crippen LogP contribution in [0.5, 0.6) is 5.75 Å². The number of hydrogen-bond acceptors (Lipinski definition) is 6. The standard InChI is InChI=1S/C21H22N4O3S/c22-9-15-28-21-7-6-20-18(19(21)16-24-13-10-23-11-14-24)8-12-25(20)29(26,27)17-4-2-1-3-5-17/h1-8,12,23H,10-11,13-16H2. The van der Waals surface area contributed by atoms with Gasteiger partial charge in [-0.15, -0.1) is 0 Å². The molecule has 3 aromatic rings. The number of benzene rings is 2. The SMILES string of the molecule is N#CCOc1ccc2c(ccn2S(=O)(=O)c2ccccc2)c1CN1CCNCC1. The van der Waals surface area contributed by atoms with Crippen molar-refractivity contribution in [3.8, 4) is 11.8 Å². The largest absolute Gasteiger partial charge is 0.478 e. The fourth-order valence-electron chi connectivity index (χ4n) is 3.65. The summed E-state index contributed by atoms with van der Waals surface area (Å²) >= 11 is 0. The molecule has 0 spiro atoms. The topological polar surface area (TPSA) is 87.4 Å². The van der Waals surface area contributed by atoms with Gasteiger partial charge in [-0.3, -0.25) is 4.90 Å². The molecule has 1 N–H and O–H groups in total. The number of nitriles is 1. The van der Waals surface area contributed by atoms with Crippen LogP contribution >= 0.6 is 0 Å². The van der Waals surface area contributed by atoms with Gasteiger partial charge in [-0.2, -0.15) is 5.26 Å². The molecule has 150 valence electrons. The van der Waals surface area contributed by atoms with Gasteiger partial charge in [0.15, 0.2) is 6.61 Å². The van der Waals surface area contributed by atoms with Gasteiger partial charge in [0.2, 0.25) is 0 Å². The molecule has 8 heteroatoms. The smallest absolute Gasteiger partial charge is 0.268 e. The van der Waals surface area contributed by atoms with Crippen molar-refractivity contribution < 1.29 is 13.2 Å². The van der Waals surface area contributed by atoms with Crippen molar-refractivity contribution >= 4 is 20.9 Å². The Balaban J connectivity index is 1.80. The summed E-state index contributed by atoms with van der Waals surface area (Å²) in [5.41, 5.74) is 1.50. The third kappa shape index (κ3) is 3.85. The fourth-order valence-corrected chi connectivity index (χ4v) is 5.02. The summed E-state index contributed by atoms with van der Waals surface area (Å²) in [6, 6.07) is 15.7. The molecule has 29 heavy (non-hydrogen) atoms. The van der Waals surface area contributed by atoms with Crippen LogP contribution in [-0.4, -0.2) is 50.1 Å². The third-order valence-electron chi connectivity index (χ3n) is 5.09. The van der Waals surface area contributed by atoms with Crippen molar-refractivity contribution in [2.75, 3.05) is 32.8 Å². The lowest BCUT2D eigenvalue weighted by Gasteiger charge is -2.28. The number of rotatable bonds is 6. The van der Waals surface area contributed by atoms with E-state index in [0.717, 1.165) is 37.1 Å². The van der Waals surface area contributed by atoms with Gasteiger partial charge in [-0.05, 0) is 30.3 Å². The van der Waals surface area contributed by atoms with Gasteiger partial charge in [-0.25, -0.2) is 12.4 Å². The third-order valence-corrected chi connectivity index (χ3v) is 6.79. The Morgan fingerprint density at radius 2 is 1.83 bits per heavy atom. The second-order valence-electron chi connectivity index (χ2n) is 6.88. The van der Waals surface area contributed by atoms with E-state index in [4.69, 9.17) is 10.00 Å². The summed E-state index contributed by atoms with van der Waals surface area (Å²) < 4.78 is 33.2. The van der Waals surface area contributed by atoms with Crippen LogP contribution in [0, 0.1) is 11.3 Å². The molecule has 4 rings (SSSR count). The summed E-state index contributed by atoms with van der Waals surface area (Å²) in [5.74, 6) is 0.618. The van der Waals surface area contributed by atoms with E-state index in [1.54, 1.807) is 48.7 Å². The zero-order valence-corrected chi connectivity index (χ0v) is 16.7. The van der Waals surface area contributed by atoms with Gasteiger partial charge in [0, 0.05) is 49.9 Å². The molecule has 2 heterocycles. The zero-order chi connectivity index (χ0) is 20.3. The van der Waals surface area contributed by atoms with Crippen LogP contribution in [0.25, 0.3) is 10.9 Å². The van der Waals surface area contributed by atoms with Crippen LogP contribution in [0.2, 0.25) is 0 Å². The van der Waals surface area contributed by atoms with E-state index in [-0.39, 0.29) is 11.5 Å². The Bertz CT molecular complexity index is 1140. The molecule has 1 aliphatic heterocycles. The Kier molecular flexibility index (Phi) is 5.53. The van der Waals surface area contributed by atoms with E-state index < -0.39 is 10.0 Å². The number of nitrogens with zero attached hydrogens (tertiary/aromatic N) is 3. The van der Waals surface area contributed by atoms with E-state index >= 15 is 0 Å². The molecule has 2 aromatic carbocycles. The maximum absolute atomic E-state index is 13.1. The lowest BCUT2D eigenvalue weighted by atomic mass is 10.1. The second-order valence-corrected chi connectivity index (χ2v) is 8.69. The number of hydrogen-bond donors (Lipinski definition) is 1. The van der Waals surface area contributed by atoms with Crippen LogP contribution in [0.4, 0.5) is 0 Å². The first-order valence-corrected chi connectivity index (χ1v) is 10.9. The number of nitrogens with one attached hydrogen (secondary N) is 1. The Morgan fingerprint density at radius 1 is 1.07 bits per heavy atom. The van der Waals surface area contributed by atoms with Crippen molar-refractivity contribution in [1.29, 1.82) is 5.26 Å². The molecule has 0 bridgehead atoms. The summed E-state index contributed by atoms with van der Waals surface area (Å²) in [7, 11) is -3.70. The van der Waals surface area contributed by atoms with Gasteiger partial charge in [0.1, 0.15) is 11.8 Å². The predicted molar refractivity (Wildman–Crippen MR) is 110 cm³/mol. The van der Waals surface area contributed by atoms with Crippen molar-refractivity contribution in [1.82, 2.24) is 14.2 Å². The molecule has 0 saturated carbocycles. The molecule has 0 unspecified atom stereocenters. The van der Waals surface area contributed by atoms with Crippen molar-refractivity contribution in [3.63, 3.8) is 0 Å². The molecule has 0 radical (unpaired) electrons. The molecule has 0 atom stereocenters. The van der Waals surface area contributed by atoms with Crippen LogP contribution in [0.1, 0.15) is 5.56 Å². The van der Waals surface area contributed by atoms with Gasteiger partial charge in [0.25, 0.3) is 10.0 Å². The maximum Gasteiger partial charge on any atom is 0.268 e. The minimum atomic E-state index is -3.70. The minimum absolute atomic E-state index is 0.0525. The van der Waals surface area contributed by atoms with Crippen LogP contribution in [0.15, 0.2) is 59.6 Å². The summed E-state index contributed by atoms with van der Waals surface area (Å²) in [5, 5.41) is 13.1. The normalized spacial score (nSPS) is 15.3. The Morgan fingerprint density at radius 3 is 2.55 bits per heavy atom. The van der Waals surface area contributed by atoms with Crippen LogP contribution in [0.3, 0.4) is 0 Å².